The van der Waals surface area contributed by atoms with Gasteiger partial charge >= 0.3 is 13.6 Å². The van der Waals surface area contributed by atoms with Gasteiger partial charge in [0, 0.05) is 11.8 Å². The minimum absolute atomic E-state index is 0.488. The first-order valence-corrected chi connectivity index (χ1v) is 7.10. The first kappa shape index (κ1) is 13.2. The van der Waals surface area contributed by atoms with E-state index in [1.165, 1.54) is 0 Å². The topological polar surface area (TPSA) is 121 Å². The van der Waals surface area contributed by atoms with E-state index in [0.29, 0.717) is 5.56 Å². The first-order valence-electron chi connectivity index (χ1n) is 5.42. The smallest absolute Gasteiger partial charge is 0.329 e. The summed E-state index contributed by atoms with van der Waals surface area (Å²) in [4.78, 5) is 29.4. The lowest BCUT2D eigenvalue weighted by Gasteiger charge is -2.05. The summed E-state index contributed by atoms with van der Waals surface area (Å²) >= 11 is 0. The molecule has 0 spiro atoms. The summed E-state index contributed by atoms with van der Waals surface area (Å²) in [6, 6.07) is 7.46. The van der Waals surface area contributed by atoms with Gasteiger partial charge in [-0.15, -0.1) is 0 Å². The summed E-state index contributed by atoms with van der Waals surface area (Å²) in [5, 5.41) is 8.86. The standard InChI is InChI=1S/C11H14NO5P/c12-9(11(13)14)8-7(10(8)18(15,16)17)6-4-2-1-3-5-6/h1-5,7-10H,12H2,(H,13,14)(H2,15,16,17)/t7-,8-,9?,10+/m0/s1. The van der Waals surface area contributed by atoms with E-state index in [1.54, 1.807) is 30.3 Å². The van der Waals surface area contributed by atoms with Crippen LogP contribution in [0.4, 0.5) is 0 Å². The SMILES string of the molecule is NC(C(=O)O)[C@@H]1[C@H](c2ccccc2)[C@H]1P(=O)(O)O. The molecule has 0 aliphatic heterocycles. The third-order valence-electron chi connectivity index (χ3n) is 3.31. The molecular weight excluding hydrogens is 257 g/mol. The highest BCUT2D eigenvalue weighted by atomic mass is 31.2. The van der Waals surface area contributed by atoms with Crippen LogP contribution in [-0.4, -0.2) is 32.6 Å². The van der Waals surface area contributed by atoms with Gasteiger partial charge in [0.25, 0.3) is 0 Å². The molecule has 1 aliphatic carbocycles. The van der Waals surface area contributed by atoms with Crippen molar-refractivity contribution in [2.75, 3.05) is 0 Å². The number of nitrogens with two attached hydrogens (primary N) is 1. The van der Waals surface area contributed by atoms with Crippen molar-refractivity contribution >= 4 is 13.6 Å². The molecule has 0 bridgehead atoms. The van der Waals surface area contributed by atoms with Crippen LogP contribution in [-0.2, 0) is 9.36 Å². The Bertz CT molecular complexity index is 499. The zero-order chi connectivity index (χ0) is 13.5. The van der Waals surface area contributed by atoms with Crippen molar-refractivity contribution in [3.63, 3.8) is 0 Å². The third-order valence-corrected chi connectivity index (χ3v) is 4.75. The molecule has 6 nitrogen and oxygen atoms in total. The van der Waals surface area contributed by atoms with Gasteiger partial charge in [0.15, 0.2) is 0 Å². The van der Waals surface area contributed by atoms with Crippen LogP contribution in [0.2, 0.25) is 0 Å². The number of rotatable bonds is 4. The highest BCUT2D eigenvalue weighted by molar-refractivity contribution is 7.53. The van der Waals surface area contributed by atoms with E-state index in [2.05, 4.69) is 0 Å². The Labute approximate surface area is 104 Å². The second kappa shape index (κ2) is 4.48. The van der Waals surface area contributed by atoms with Crippen molar-refractivity contribution in [2.24, 2.45) is 11.7 Å². The van der Waals surface area contributed by atoms with Gasteiger partial charge in [-0.05, 0) is 5.56 Å². The molecule has 1 unspecified atom stereocenters. The van der Waals surface area contributed by atoms with Gasteiger partial charge < -0.3 is 20.6 Å². The number of aliphatic carboxylic acids is 1. The largest absolute Gasteiger partial charge is 0.480 e. The van der Waals surface area contributed by atoms with Gasteiger partial charge in [0.2, 0.25) is 0 Å². The normalized spacial score (nSPS) is 28.7. The maximum absolute atomic E-state index is 11.4. The Morgan fingerprint density at radius 2 is 1.83 bits per heavy atom. The molecule has 4 atom stereocenters. The molecule has 1 aliphatic rings. The van der Waals surface area contributed by atoms with Gasteiger partial charge in [-0.1, -0.05) is 30.3 Å². The van der Waals surface area contributed by atoms with E-state index in [0.717, 1.165) is 0 Å². The van der Waals surface area contributed by atoms with Crippen LogP contribution in [0, 0.1) is 5.92 Å². The number of carbonyl (C=O) groups is 1. The van der Waals surface area contributed by atoms with Crippen LogP contribution < -0.4 is 5.73 Å². The van der Waals surface area contributed by atoms with Crippen LogP contribution in [0.5, 0.6) is 0 Å². The second-order valence-electron chi connectivity index (χ2n) is 4.46. The molecule has 7 heteroatoms. The van der Waals surface area contributed by atoms with E-state index >= 15 is 0 Å². The lowest BCUT2D eigenvalue weighted by molar-refractivity contribution is -0.139. The molecular formula is C11H14NO5P. The summed E-state index contributed by atoms with van der Waals surface area (Å²) in [7, 11) is -4.34. The number of benzene rings is 1. The number of hydrogen-bond acceptors (Lipinski definition) is 3. The molecule has 1 aromatic rings. The zero-order valence-corrected chi connectivity index (χ0v) is 10.3. The average Bonchev–Trinajstić information content (AvgIpc) is 3.03. The zero-order valence-electron chi connectivity index (χ0n) is 9.38. The molecule has 0 radical (unpaired) electrons. The van der Waals surface area contributed by atoms with Crippen molar-refractivity contribution in [3.8, 4) is 0 Å². The molecule has 1 fully saturated rings. The molecule has 2 rings (SSSR count). The lowest BCUT2D eigenvalue weighted by atomic mass is 10.1. The van der Waals surface area contributed by atoms with Crippen molar-refractivity contribution in [1.82, 2.24) is 0 Å². The van der Waals surface area contributed by atoms with E-state index in [4.69, 9.17) is 10.8 Å². The molecule has 0 heterocycles. The van der Waals surface area contributed by atoms with Crippen molar-refractivity contribution in [1.29, 1.82) is 0 Å². The molecule has 0 amide bonds. The molecule has 18 heavy (non-hydrogen) atoms. The average molecular weight is 271 g/mol. The molecule has 98 valence electrons. The Morgan fingerprint density at radius 1 is 1.28 bits per heavy atom. The first-order chi connectivity index (χ1) is 8.34. The highest BCUT2D eigenvalue weighted by Crippen LogP contribution is 2.67. The second-order valence-corrected chi connectivity index (χ2v) is 6.23. The maximum atomic E-state index is 11.4. The van der Waals surface area contributed by atoms with Crippen molar-refractivity contribution < 1.29 is 24.3 Å². The Morgan fingerprint density at radius 3 is 2.28 bits per heavy atom. The summed E-state index contributed by atoms with van der Waals surface area (Å²) in [5.41, 5.74) is 5.21. The van der Waals surface area contributed by atoms with E-state index in [9.17, 15) is 19.1 Å². The minimum atomic E-state index is -4.34. The number of carboxylic acids is 1. The fraction of sp³-hybridized carbons (Fsp3) is 0.364. The quantitative estimate of drug-likeness (QED) is 0.587. The summed E-state index contributed by atoms with van der Waals surface area (Å²) in [6.45, 7) is 0. The van der Waals surface area contributed by atoms with E-state index in [1.807, 2.05) is 0 Å². The van der Waals surface area contributed by atoms with Crippen molar-refractivity contribution in [2.45, 2.75) is 17.6 Å². The molecule has 1 saturated carbocycles. The molecule has 1 aromatic carbocycles. The van der Waals surface area contributed by atoms with Crippen LogP contribution in [0.15, 0.2) is 30.3 Å². The lowest BCUT2D eigenvalue weighted by Crippen LogP contribution is -2.33. The molecule has 0 saturated heterocycles. The van der Waals surface area contributed by atoms with Gasteiger partial charge in [-0.2, -0.15) is 0 Å². The van der Waals surface area contributed by atoms with Gasteiger partial charge in [-0.3, -0.25) is 9.36 Å². The highest BCUT2D eigenvalue weighted by Gasteiger charge is 2.63. The van der Waals surface area contributed by atoms with E-state index < -0.39 is 37.1 Å². The fourth-order valence-corrected chi connectivity index (χ4v) is 3.96. The number of carboxylic acid groups (broad SMARTS) is 1. The number of hydrogen-bond donors (Lipinski definition) is 4. The van der Waals surface area contributed by atoms with Gasteiger partial charge in [0.05, 0.1) is 5.66 Å². The monoisotopic (exact) mass is 271 g/mol. The van der Waals surface area contributed by atoms with Crippen molar-refractivity contribution in [3.05, 3.63) is 35.9 Å². The Balaban J connectivity index is 2.30. The predicted molar refractivity (Wildman–Crippen MR) is 64.1 cm³/mol. The van der Waals surface area contributed by atoms with Crippen LogP contribution in [0.25, 0.3) is 0 Å². The minimum Gasteiger partial charge on any atom is -0.480 e. The molecule has 5 N–H and O–H groups in total. The van der Waals surface area contributed by atoms with E-state index in [-0.39, 0.29) is 0 Å². The van der Waals surface area contributed by atoms with Gasteiger partial charge in [0.1, 0.15) is 6.04 Å². The Hall–Kier alpha value is -1.20. The third kappa shape index (κ3) is 2.33. The van der Waals surface area contributed by atoms with Crippen LogP contribution >= 0.6 is 7.60 Å². The summed E-state index contributed by atoms with van der Waals surface area (Å²) in [6.07, 6.45) is 0. The van der Waals surface area contributed by atoms with Crippen LogP contribution in [0.3, 0.4) is 0 Å². The maximum Gasteiger partial charge on any atom is 0.329 e. The predicted octanol–water partition coefficient (Wildman–Crippen LogP) is 0.358. The fourth-order valence-electron chi connectivity index (χ4n) is 2.45. The summed E-state index contributed by atoms with van der Waals surface area (Å²) < 4.78 is 11.4. The Kier molecular flexibility index (Phi) is 3.29. The summed E-state index contributed by atoms with van der Waals surface area (Å²) in [5.74, 6) is -2.44. The van der Waals surface area contributed by atoms with Gasteiger partial charge in [-0.25, -0.2) is 0 Å². The van der Waals surface area contributed by atoms with Crippen LogP contribution in [0.1, 0.15) is 11.5 Å². The molecule has 0 aromatic heterocycles.